The Labute approximate surface area is 336 Å². The summed E-state index contributed by atoms with van der Waals surface area (Å²) in [6, 6.07) is 0. The molecule has 0 heterocycles. The average Bonchev–Trinajstić information content (AvgIpc) is 3.18. The maximum Gasteiger partial charge on any atom is 0.472 e. The predicted octanol–water partition coefficient (Wildman–Crippen LogP) is 7.44. The molecular formula is C42H75O13P. The van der Waals surface area contributed by atoms with Crippen LogP contribution in [0.1, 0.15) is 162 Å². The van der Waals surface area contributed by atoms with Gasteiger partial charge in [0.1, 0.15) is 43.2 Å². The van der Waals surface area contributed by atoms with E-state index in [4.69, 9.17) is 18.5 Å². The van der Waals surface area contributed by atoms with Crippen LogP contribution in [0.3, 0.4) is 0 Å². The largest absolute Gasteiger partial charge is 0.472 e. The fourth-order valence-electron chi connectivity index (χ4n) is 6.23. The molecule has 1 rings (SSSR count). The van der Waals surface area contributed by atoms with Crippen LogP contribution in [0.15, 0.2) is 36.5 Å². The van der Waals surface area contributed by atoms with Crippen LogP contribution in [0.4, 0.5) is 0 Å². The number of aliphatic hydroxyl groups excluding tert-OH is 5. The zero-order valence-corrected chi connectivity index (χ0v) is 35.1. The minimum absolute atomic E-state index is 0.0905. The number of unbranched alkanes of at least 4 members (excludes halogenated alkanes) is 16. The van der Waals surface area contributed by atoms with Gasteiger partial charge < -0.3 is 39.9 Å². The second-order valence-corrected chi connectivity index (χ2v) is 16.3. The van der Waals surface area contributed by atoms with E-state index in [1.54, 1.807) is 0 Å². The SMILES string of the molecule is CCCCC/C=C\C/C=C\C/C=C\CCCCC(=O)OC[C@H](COP(=O)(O)OC1C(O)C(O)C(O)[C@@H](O)C1O)OC(=O)CCCCCCCCCCCCCC. The highest BCUT2D eigenvalue weighted by atomic mass is 31.2. The molecule has 0 aromatic carbocycles. The van der Waals surface area contributed by atoms with Crippen molar-refractivity contribution in [2.45, 2.75) is 204 Å². The zero-order chi connectivity index (χ0) is 41.4. The van der Waals surface area contributed by atoms with E-state index in [1.807, 2.05) is 0 Å². The number of hydrogen-bond donors (Lipinski definition) is 6. The van der Waals surface area contributed by atoms with Gasteiger partial charge in [-0.3, -0.25) is 18.6 Å². The van der Waals surface area contributed by atoms with Gasteiger partial charge >= 0.3 is 19.8 Å². The quantitative estimate of drug-likeness (QED) is 0.0162. The highest BCUT2D eigenvalue weighted by molar-refractivity contribution is 7.47. The van der Waals surface area contributed by atoms with Gasteiger partial charge in [-0.2, -0.15) is 0 Å². The van der Waals surface area contributed by atoms with Gasteiger partial charge in [0.25, 0.3) is 0 Å². The van der Waals surface area contributed by atoms with Crippen molar-refractivity contribution in [2.75, 3.05) is 13.2 Å². The number of esters is 2. The van der Waals surface area contributed by atoms with Crippen molar-refractivity contribution in [3.8, 4) is 0 Å². The van der Waals surface area contributed by atoms with E-state index in [1.165, 1.54) is 64.2 Å². The lowest BCUT2D eigenvalue weighted by molar-refractivity contribution is -0.220. The molecule has 0 radical (unpaired) electrons. The fourth-order valence-corrected chi connectivity index (χ4v) is 7.21. The number of phosphoric acid groups is 1. The maximum atomic E-state index is 12.8. The lowest BCUT2D eigenvalue weighted by Crippen LogP contribution is -2.64. The van der Waals surface area contributed by atoms with E-state index < -0.39 is 75.7 Å². The molecule has 8 atom stereocenters. The van der Waals surface area contributed by atoms with Crippen LogP contribution < -0.4 is 0 Å². The van der Waals surface area contributed by atoms with E-state index in [9.17, 15) is 44.6 Å². The predicted molar refractivity (Wildman–Crippen MR) is 216 cm³/mol. The van der Waals surface area contributed by atoms with Gasteiger partial charge in [0, 0.05) is 12.8 Å². The second kappa shape index (κ2) is 33.0. The van der Waals surface area contributed by atoms with Crippen molar-refractivity contribution in [1.29, 1.82) is 0 Å². The minimum atomic E-state index is -5.12. The molecule has 0 saturated heterocycles. The molecule has 56 heavy (non-hydrogen) atoms. The van der Waals surface area contributed by atoms with Crippen LogP contribution in [0, 0.1) is 0 Å². The number of aliphatic hydroxyl groups is 5. The number of allylic oxidation sites excluding steroid dienone is 6. The summed E-state index contributed by atoms with van der Waals surface area (Å²) in [5, 5.41) is 50.0. The minimum Gasteiger partial charge on any atom is -0.462 e. The Balaban J connectivity index is 2.53. The summed E-state index contributed by atoms with van der Waals surface area (Å²) in [6.45, 7) is 3.21. The molecule has 0 spiro atoms. The Bertz CT molecular complexity index is 1130. The van der Waals surface area contributed by atoms with E-state index in [-0.39, 0.29) is 12.8 Å². The Morgan fingerprint density at radius 3 is 1.50 bits per heavy atom. The van der Waals surface area contributed by atoms with Gasteiger partial charge in [0.05, 0.1) is 6.61 Å². The molecule has 1 saturated carbocycles. The first-order chi connectivity index (χ1) is 26.9. The summed E-state index contributed by atoms with van der Waals surface area (Å²) in [7, 11) is -5.12. The van der Waals surface area contributed by atoms with Crippen LogP contribution in [0.5, 0.6) is 0 Å². The lowest BCUT2D eigenvalue weighted by atomic mass is 9.85. The topological polar surface area (TPSA) is 210 Å². The summed E-state index contributed by atoms with van der Waals surface area (Å²) in [5.74, 6) is -1.14. The molecule has 0 amide bonds. The Morgan fingerprint density at radius 1 is 0.554 bits per heavy atom. The molecule has 6 N–H and O–H groups in total. The number of phosphoric ester groups is 1. The van der Waals surface area contributed by atoms with Gasteiger partial charge in [0.15, 0.2) is 6.10 Å². The van der Waals surface area contributed by atoms with Crippen molar-refractivity contribution in [1.82, 2.24) is 0 Å². The van der Waals surface area contributed by atoms with Gasteiger partial charge in [0.2, 0.25) is 0 Å². The summed E-state index contributed by atoms with van der Waals surface area (Å²) in [6.07, 6.45) is 22.1. The Kier molecular flexibility index (Phi) is 30.7. The van der Waals surface area contributed by atoms with Crippen LogP contribution in [-0.4, -0.2) is 98.3 Å². The van der Waals surface area contributed by atoms with Crippen LogP contribution >= 0.6 is 7.82 Å². The number of rotatable bonds is 34. The molecule has 1 aliphatic carbocycles. The third kappa shape index (κ3) is 25.4. The maximum absolute atomic E-state index is 12.8. The highest BCUT2D eigenvalue weighted by Crippen LogP contribution is 2.47. The summed E-state index contributed by atoms with van der Waals surface area (Å²) < 4.78 is 33.4. The molecule has 0 bridgehead atoms. The smallest absolute Gasteiger partial charge is 0.462 e. The molecule has 0 aliphatic heterocycles. The van der Waals surface area contributed by atoms with Gasteiger partial charge in [-0.25, -0.2) is 4.57 Å². The van der Waals surface area contributed by atoms with Gasteiger partial charge in [-0.15, -0.1) is 0 Å². The van der Waals surface area contributed by atoms with Crippen molar-refractivity contribution in [3.05, 3.63) is 36.5 Å². The zero-order valence-electron chi connectivity index (χ0n) is 34.2. The van der Waals surface area contributed by atoms with Crippen LogP contribution in [0.2, 0.25) is 0 Å². The Hall–Kier alpha value is -1.93. The average molecular weight is 819 g/mol. The van der Waals surface area contributed by atoms with Crippen molar-refractivity contribution < 1.29 is 63.1 Å². The normalized spacial score (nSPS) is 23.2. The third-order valence-corrected chi connectivity index (χ3v) is 10.7. The lowest BCUT2D eigenvalue weighted by Gasteiger charge is -2.41. The van der Waals surface area contributed by atoms with Gasteiger partial charge in [-0.1, -0.05) is 134 Å². The molecule has 0 aromatic rings. The van der Waals surface area contributed by atoms with Crippen LogP contribution in [0.25, 0.3) is 0 Å². The molecule has 1 aliphatic rings. The van der Waals surface area contributed by atoms with Gasteiger partial charge in [-0.05, 0) is 51.4 Å². The molecule has 1 fully saturated rings. The summed E-state index contributed by atoms with van der Waals surface area (Å²) >= 11 is 0. The number of carbonyl (C=O) groups is 2. The first kappa shape index (κ1) is 52.1. The number of ether oxygens (including phenoxy) is 2. The van der Waals surface area contributed by atoms with E-state index in [0.717, 1.165) is 57.8 Å². The fraction of sp³-hybridized carbons (Fsp3) is 0.810. The Morgan fingerprint density at radius 2 is 0.964 bits per heavy atom. The van der Waals surface area contributed by atoms with Crippen LogP contribution in [-0.2, 0) is 32.7 Å². The molecule has 6 unspecified atom stereocenters. The standard InChI is InChI=1S/C42H75O13P/c1-3-5-7-9-11-13-15-17-18-19-21-22-24-26-28-30-35(43)52-32-34(54-36(44)31-29-27-25-23-20-16-14-12-10-8-6-4-2)33-53-56(50,51)55-42-40(48)38(46)37(45)39(47)41(42)49/h11,13,17-18,21-22,34,37-42,45-49H,3-10,12,14-16,19-20,23-33H2,1-2H3,(H,50,51)/b13-11-,18-17-,22-21-/t34-,37?,38-,39?,40?,41?,42?/m1/s1. The summed E-state index contributed by atoms with van der Waals surface area (Å²) in [4.78, 5) is 35.5. The third-order valence-electron chi connectivity index (χ3n) is 9.73. The van der Waals surface area contributed by atoms with E-state index >= 15 is 0 Å². The molecular weight excluding hydrogens is 743 g/mol. The van der Waals surface area contributed by atoms with Crippen molar-refractivity contribution in [3.63, 3.8) is 0 Å². The first-order valence-corrected chi connectivity index (χ1v) is 22.8. The molecule has 14 heteroatoms. The molecule has 326 valence electrons. The second-order valence-electron chi connectivity index (χ2n) is 14.8. The monoisotopic (exact) mass is 818 g/mol. The molecule has 13 nitrogen and oxygen atoms in total. The number of hydrogen-bond acceptors (Lipinski definition) is 12. The first-order valence-electron chi connectivity index (χ1n) is 21.3. The highest BCUT2D eigenvalue weighted by Gasteiger charge is 2.51. The van der Waals surface area contributed by atoms with Crippen molar-refractivity contribution >= 4 is 19.8 Å². The van der Waals surface area contributed by atoms with E-state index in [0.29, 0.717) is 12.8 Å². The number of carbonyl (C=O) groups excluding carboxylic acids is 2. The van der Waals surface area contributed by atoms with Crippen molar-refractivity contribution in [2.24, 2.45) is 0 Å². The summed E-state index contributed by atoms with van der Waals surface area (Å²) in [5.41, 5.74) is 0. The van der Waals surface area contributed by atoms with E-state index in [2.05, 4.69) is 50.3 Å². The molecule has 0 aromatic heterocycles.